The van der Waals surface area contributed by atoms with Crippen molar-refractivity contribution in [2.75, 3.05) is 0 Å². The fourth-order valence-corrected chi connectivity index (χ4v) is 0.388. The topological polar surface area (TPSA) is 72.5 Å². The van der Waals surface area contributed by atoms with Gasteiger partial charge in [0.2, 0.25) is 0 Å². The Bertz CT molecular complexity index is 103. The smallest absolute Gasteiger partial charge is 0.335 e. The standard InChI is InChI=1S/C3H6NO3P/c1-2-3(5)7-8(4)6/h2,6H,1,4H2. The summed E-state index contributed by atoms with van der Waals surface area (Å²) in [6.07, 6.45) is 0.929. The summed E-state index contributed by atoms with van der Waals surface area (Å²) in [5.41, 5.74) is 4.70. The summed E-state index contributed by atoms with van der Waals surface area (Å²) < 4.78 is 4.04. The summed E-state index contributed by atoms with van der Waals surface area (Å²) in [6.45, 7) is 3.08. The van der Waals surface area contributed by atoms with Crippen molar-refractivity contribution in [3.63, 3.8) is 0 Å². The molecule has 0 spiro atoms. The van der Waals surface area contributed by atoms with Crippen molar-refractivity contribution in [3.05, 3.63) is 12.7 Å². The van der Waals surface area contributed by atoms with E-state index in [-0.39, 0.29) is 0 Å². The molecule has 0 fully saturated rings. The van der Waals surface area contributed by atoms with E-state index in [2.05, 4.69) is 11.1 Å². The third-order valence-corrected chi connectivity index (χ3v) is 0.717. The Morgan fingerprint density at radius 3 is 2.62 bits per heavy atom. The summed E-state index contributed by atoms with van der Waals surface area (Å²) in [4.78, 5) is 18.3. The van der Waals surface area contributed by atoms with Crippen LogP contribution >= 0.6 is 8.53 Å². The van der Waals surface area contributed by atoms with Crippen molar-refractivity contribution in [2.45, 2.75) is 0 Å². The molecule has 0 aromatic heterocycles. The SMILES string of the molecule is C=CC(=O)OP(N)O. The normalized spacial score (nSPS) is 12.2. The Hall–Kier alpha value is -0.440. The first kappa shape index (κ1) is 7.56. The molecule has 1 atom stereocenters. The van der Waals surface area contributed by atoms with Crippen molar-refractivity contribution in [3.8, 4) is 0 Å². The van der Waals surface area contributed by atoms with Gasteiger partial charge in [-0.1, -0.05) is 6.58 Å². The van der Waals surface area contributed by atoms with Gasteiger partial charge in [0.05, 0.1) is 0 Å². The van der Waals surface area contributed by atoms with Crippen LogP contribution in [0.1, 0.15) is 0 Å². The van der Waals surface area contributed by atoms with Crippen LogP contribution in [0.4, 0.5) is 0 Å². The van der Waals surface area contributed by atoms with Gasteiger partial charge in [0.15, 0.2) is 0 Å². The van der Waals surface area contributed by atoms with Gasteiger partial charge >= 0.3 is 14.5 Å². The van der Waals surface area contributed by atoms with Crippen molar-refractivity contribution in [1.82, 2.24) is 0 Å². The maximum Gasteiger partial charge on any atom is 0.335 e. The van der Waals surface area contributed by atoms with Crippen LogP contribution in [0.15, 0.2) is 12.7 Å². The first-order valence-electron chi connectivity index (χ1n) is 1.75. The van der Waals surface area contributed by atoms with Crippen molar-refractivity contribution in [1.29, 1.82) is 0 Å². The van der Waals surface area contributed by atoms with E-state index >= 15 is 0 Å². The molecular formula is C3H6NO3P. The van der Waals surface area contributed by atoms with Crippen LogP contribution < -0.4 is 5.50 Å². The summed E-state index contributed by atoms with van der Waals surface area (Å²) in [7, 11) is -2.07. The van der Waals surface area contributed by atoms with E-state index in [1.807, 2.05) is 0 Å². The third-order valence-electron chi connectivity index (χ3n) is 0.350. The molecule has 3 N–H and O–H groups in total. The molecule has 0 radical (unpaired) electrons. The van der Waals surface area contributed by atoms with Gasteiger partial charge in [-0.3, -0.25) is 5.50 Å². The van der Waals surface area contributed by atoms with Crippen LogP contribution in [0.3, 0.4) is 0 Å². The lowest BCUT2D eigenvalue weighted by molar-refractivity contribution is -0.128. The first-order valence-corrected chi connectivity index (χ1v) is 3.03. The van der Waals surface area contributed by atoms with Crippen molar-refractivity contribution >= 4 is 14.5 Å². The minimum absolute atomic E-state index is 0.707. The Morgan fingerprint density at radius 1 is 2.00 bits per heavy atom. The van der Waals surface area contributed by atoms with Crippen LogP contribution in [-0.4, -0.2) is 10.9 Å². The highest BCUT2D eigenvalue weighted by molar-refractivity contribution is 7.44. The van der Waals surface area contributed by atoms with Gasteiger partial charge in [-0.05, 0) is 0 Å². The van der Waals surface area contributed by atoms with E-state index < -0.39 is 14.5 Å². The fourth-order valence-electron chi connectivity index (χ4n) is 0.129. The van der Waals surface area contributed by atoms with Gasteiger partial charge in [0.25, 0.3) is 0 Å². The molecule has 1 unspecified atom stereocenters. The van der Waals surface area contributed by atoms with Crippen LogP contribution in [0.25, 0.3) is 0 Å². The van der Waals surface area contributed by atoms with Crippen LogP contribution in [-0.2, 0) is 9.32 Å². The summed E-state index contributed by atoms with van der Waals surface area (Å²) in [5, 5.41) is 0. The molecule has 0 rings (SSSR count). The predicted octanol–water partition coefficient (Wildman–Crippen LogP) is -0.106. The molecule has 0 saturated carbocycles. The number of carbonyl (C=O) groups excluding carboxylic acids is 1. The Labute approximate surface area is 47.9 Å². The van der Waals surface area contributed by atoms with Gasteiger partial charge in [0.1, 0.15) is 0 Å². The fraction of sp³-hybridized carbons (Fsp3) is 0. The van der Waals surface area contributed by atoms with Gasteiger partial charge < -0.3 is 9.42 Å². The van der Waals surface area contributed by atoms with Gasteiger partial charge in [0, 0.05) is 6.08 Å². The summed E-state index contributed by atoms with van der Waals surface area (Å²) in [6, 6.07) is 0. The zero-order valence-corrected chi connectivity index (χ0v) is 4.97. The van der Waals surface area contributed by atoms with E-state index in [0.717, 1.165) is 6.08 Å². The third kappa shape index (κ3) is 3.74. The Balaban J connectivity index is 3.39. The Morgan fingerprint density at radius 2 is 2.50 bits per heavy atom. The molecule has 46 valence electrons. The minimum Gasteiger partial charge on any atom is -0.401 e. The second-order valence-corrected chi connectivity index (χ2v) is 1.70. The molecule has 0 aliphatic heterocycles. The average Bonchev–Trinajstić information content (AvgIpc) is 1.65. The largest absolute Gasteiger partial charge is 0.401 e. The number of rotatable bonds is 2. The molecular weight excluding hydrogens is 129 g/mol. The molecule has 8 heavy (non-hydrogen) atoms. The maximum atomic E-state index is 10.1. The van der Waals surface area contributed by atoms with Gasteiger partial charge in [-0.25, -0.2) is 4.79 Å². The van der Waals surface area contributed by atoms with Gasteiger partial charge in [-0.2, -0.15) is 0 Å². The summed E-state index contributed by atoms with van der Waals surface area (Å²) in [5.74, 6) is -0.707. The molecule has 0 heterocycles. The number of carbonyl (C=O) groups is 1. The zero-order valence-electron chi connectivity index (χ0n) is 4.07. The second kappa shape index (κ2) is 3.55. The summed E-state index contributed by atoms with van der Waals surface area (Å²) >= 11 is 0. The molecule has 0 aromatic carbocycles. The number of nitrogens with two attached hydrogens (primary N) is 1. The maximum absolute atomic E-state index is 10.1. The molecule has 0 bridgehead atoms. The van der Waals surface area contributed by atoms with Crippen LogP contribution in [0.5, 0.6) is 0 Å². The van der Waals surface area contributed by atoms with Crippen LogP contribution in [0, 0.1) is 0 Å². The van der Waals surface area contributed by atoms with E-state index in [1.54, 1.807) is 0 Å². The minimum atomic E-state index is -2.07. The molecule has 4 nitrogen and oxygen atoms in total. The zero-order chi connectivity index (χ0) is 6.57. The molecule has 0 saturated heterocycles. The molecule has 0 amide bonds. The second-order valence-electron chi connectivity index (χ2n) is 0.917. The van der Waals surface area contributed by atoms with Gasteiger partial charge in [-0.15, -0.1) is 0 Å². The highest BCUT2D eigenvalue weighted by Gasteiger charge is 2.00. The lowest BCUT2D eigenvalue weighted by atomic mass is 10.7. The number of hydrogen-bond acceptors (Lipinski definition) is 4. The molecule has 0 aliphatic carbocycles. The first-order chi connectivity index (χ1) is 3.66. The van der Waals surface area contributed by atoms with E-state index in [4.69, 9.17) is 10.4 Å². The monoisotopic (exact) mass is 135 g/mol. The highest BCUT2D eigenvalue weighted by Crippen LogP contribution is 2.18. The Kier molecular flexibility index (Phi) is 3.35. The quantitative estimate of drug-likeness (QED) is 0.409. The molecule has 0 aliphatic rings. The molecule has 5 heteroatoms. The lowest BCUT2D eigenvalue weighted by Crippen LogP contribution is -1.98. The van der Waals surface area contributed by atoms with E-state index in [1.165, 1.54) is 0 Å². The predicted molar refractivity (Wildman–Crippen MR) is 29.6 cm³/mol. The lowest BCUT2D eigenvalue weighted by Gasteiger charge is -1.98. The number of hydrogen-bond donors (Lipinski definition) is 2. The highest BCUT2D eigenvalue weighted by atomic mass is 31.2. The molecule has 0 aromatic rings. The van der Waals surface area contributed by atoms with E-state index in [0.29, 0.717) is 0 Å². The van der Waals surface area contributed by atoms with Crippen molar-refractivity contribution < 1.29 is 14.2 Å². The van der Waals surface area contributed by atoms with Crippen LogP contribution in [0.2, 0.25) is 0 Å². The average molecular weight is 135 g/mol. The van der Waals surface area contributed by atoms with E-state index in [9.17, 15) is 4.79 Å². The van der Waals surface area contributed by atoms with Crippen molar-refractivity contribution in [2.24, 2.45) is 5.50 Å².